The lowest BCUT2D eigenvalue weighted by molar-refractivity contribution is -0.130. The summed E-state index contributed by atoms with van der Waals surface area (Å²) in [5, 5.41) is 49.3. The third kappa shape index (κ3) is 36.5. The Hall–Kier alpha value is -3.97. The van der Waals surface area contributed by atoms with Gasteiger partial charge in [0.25, 0.3) is 0 Å². The predicted molar refractivity (Wildman–Crippen MR) is 184 cm³/mol. The molecule has 0 aromatic carbocycles. The molecule has 1 aliphatic heterocycles. The largest absolute Gasteiger partial charge is 0.400 e. The fourth-order valence-electron chi connectivity index (χ4n) is 2.89. The van der Waals surface area contributed by atoms with Crippen LogP contribution in [0.3, 0.4) is 0 Å². The summed E-state index contributed by atoms with van der Waals surface area (Å²) in [6, 6.07) is -0.166. The van der Waals surface area contributed by atoms with Gasteiger partial charge in [-0.05, 0) is 58.8 Å². The number of hydrogen-bond donors (Lipinski definition) is 9. The van der Waals surface area contributed by atoms with Gasteiger partial charge in [-0.1, -0.05) is 32.0 Å². The number of aldehydes is 1. The first-order chi connectivity index (χ1) is 22.8. The highest BCUT2D eigenvalue weighted by Crippen LogP contribution is 2.12. The van der Waals surface area contributed by atoms with Gasteiger partial charge in [0.2, 0.25) is 24.1 Å². The van der Waals surface area contributed by atoms with Crippen LogP contribution in [0.15, 0.2) is 22.4 Å². The summed E-state index contributed by atoms with van der Waals surface area (Å²) in [6.45, 7) is 9.73. The number of aliphatic imine (C=N–C) groups is 1. The van der Waals surface area contributed by atoms with Crippen molar-refractivity contribution in [2.24, 2.45) is 16.1 Å². The molecule has 0 aromatic rings. The van der Waals surface area contributed by atoms with Crippen molar-refractivity contribution in [3.05, 3.63) is 12.3 Å². The predicted octanol–water partition coefficient (Wildman–Crippen LogP) is -2.15. The normalized spacial score (nSPS) is 15.5. The SMILES string of the molecule is CC(C)C.CC1CCCN1C.CC=O.CN=CNC=CCC(NC(=O)CNC=O)C(=O)NCC(=O)NCO/N=C/C(O)C(O)CO.CO. The average Bonchev–Trinajstić information content (AvgIpc) is 3.43. The molecular formula is C30H60N8O10. The van der Waals surface area contributed by atoms with Crippen LogP contribution in [-0.4, -0.2) is 147 Å². The Morgan fingerprint density at radius 2 is 1.67 bits per heavy atom. The molecule has 1 heterocycles. The summed E-state index contributed by atoms with van der Waals surface area (Å²) in [7, 11) is 4.75. The second-order valence-corrected chi connectivity index (χ2v) is 10.3. The number of likely N-dealkylation sites (tertiary alicyclic amines) is 1. The van der Waals surface area contributed by atoms with Gasteiger partial charge in [-0.25, -0.2) is 0 Å². The van der Waals surface area contributed by atoms with E-state index >= 15 is 0 Å². The van der Waals surface area contributed by atoms with E-state index in [0.29, 0.717) is 6.41 Å². The zero-order chi connectivity index (χ0) is 37.8. The minimum absolute atomic E-state index is 0.0880. The van der Waals surface area contributed by atoms with E-state index in [1.807, 2.05) is 0 Å². The molecule has 1 fully saturated rings. The van der Waals surface area contributed by atoms with E-state index in [4.69, 9.17) is 20.1 Å². The first-order valence-corrected chi connectivity index (χ1v) is 15.3. The van der Waals surface area contributed by atoms with Crippen LogP contribution in [0.2, 0.25) is 0 Å². The molecule has 0 bridgehead atoms. The number of aliphatic hydroxyl groups is 4. The first-order valence-electron chi connectivity index (χ1n) is 15.3. The van der Waals surface area contributed by atoms with E-state index < -0.39 is 55.9 Å². The van der Waals surface area contributed by atoms with Crippen LogP contribution in [0.25, 0.3) is 0 Å². The quantitative estimate of drug-likeness (QED) is 0.0197. The molecule has 0 aromatic heterocycles. The first kappa shape index (κ1) is 50.9. The summed E-state index contributed by atoms with van der Waals surface area (Å²) in [5.74, 6) is -1.04. The van der Waals surface area contributed by atoms with Gasteiger partial charge >= 0.3 is 0 Å². The second kappa shape index (κ2) is 37.5. The summed E-state index contributed by atoms with van der Waals surface area (Å²) >= 11 is 0. The van der Waals surface area contributed by atoms with Gasteiger partial charge in [0.1, 0.15) is 24.5 Å². The van der Waals surface area contributed by atoms with Crippen LogP contribution >= 0.6 is 0 Å². The highest BCUT2D eigenvalue weighted by atomic mass is 16.6. The fourth-order valence-corrected chi connectivity index (χ4v) is 2.89. The van der Waals surface area contributed by atoms with Gasteiger partial charge in [-0.2, -0.15) is 0 Å². The zero-order valence-electron chi connectivity index (χ0n) is 29.6. The summed E-state index contributed by atoms with van der Waals surface area (Å²) < 4.78 is 0. The van der Waals surface area contributed by atoms with Crippen molar-refractivity contribution < 1.29 is 49.2 Å². The Bertz CT molecular complexity index is 896. The van der Waals surface area contributed by atoms with Crippen LogP contribution in [0.1, 0.15) is 53.9 Å². The molecule has 0 radical (unpaired) electrons. The molecule has 0 aliphatic carbocycles. The van der Waals surface area contributed by atoms with Crippen LogP contribution < -0.4 is 26.6 Å². The van der Waals surface area contributed by atoms with Crippen molar-refractivity contribution >= 4 is 43.0 Å². The number of aliphatic hydroxyl groups excluding tert-OH is 4. The Morgan fingerprint density at radius 3 is 2.12 bits per heavy atom. The molecule has 4 atom stereocenters. The molecule has 4 unspecified atom stereocenters. The highest BCUT2D eigenvalue weighted by Gasteiger charge is 2.20. The number of carbonyl (C=O) groups excluding carboxylic acids is 5. The summed E-state index contributed by atoms with van der Waals surface area (Å²) in [6.07, 6.45) is 6.42. The van der Waals surface area contributed by atoms with Gasteiger partial charge in [0.05, 0.1) is 32.2 Å². The van der Waals surface area contributed by atoms with Crippen molar-refractivity contribution in [2.75, 3.05) is 54.2 Å². The van der Waals surface area contributed by atoms with Gasteiger partial charge in [-0.3, -0.25) is 24.2 Å². The van der Waals surface area contributed by atoms with Gasteiger partial charge < -0.3 is 61.5 Å². The number of amides is 4. The maximum Gasteiger partial charge on any atom is 0.243 e. The molecule has 280 valence electrons. The maximum atomic E-state index is 12.3. The number of oxime groups is 1. The molecule has 1 saturated heterocycles. The van der Waals surface area contributed by atoms with Crippen LogP contribution in [0.5, 0.6) is 0 Å². The van der Waals surface area contributed by atoms with Crippen LogP contribution in [-0.2, 0) is 28.8 Å². The Morgan fingerprint density at radius 1 is 1.06 bits per heavy atom. The number of hydrogen-bond acceptors (Lipinski definition) is 13. The minimum Gasteiger partial charge on any atom is -0.400 e. The number of rotatable bonds is 17. The molecule has 9 N–H and O–H groups in total. The molecule has 0 saturated carbocycles. The maximum absolute atomic E-state index is 12.3. The van der Waals surface area contributed by atoms with Gasteiger partial charge in [0.15, 0.2) is 6.73 Å². The van der Waals surface area contributed by atoms with Crippen molar-refractivity contribution in [1.29, 1.82) is 0 Å². The lowest BCUT2D eigenvalue weighted by Crippen LogP contribution is -2.50. The van der Waals surface area contributed by atoms with E-state index in [1.54, 1.807) is 13.1 Å². The monoisotopic (exact) mass is 692 g/mol. The Balaban J connectivity index is -0.000000493. The molecule has 18 nitrogen and oxygen atoms in total. The lowest BCUT2D eigenvalue weighted by atomic mass is 10.2. The standard InChI is InChI=1S/C17H29N7O8.C6H13N.C4H10.C2H4O.CH4O/c1-18-9-19-4-2-3-12(24-16(30)6-20-10-26)17(31)21-7-15(29)22-11-32-23-5-13(27)14(28)8-25;1-6-4-3-5-7(6)2;1-4(2)3;1-2-3;1-2/h2,4-5,9-10,12-14,25,27-28H,3,6-8,11H2,1H3,(H,18,19)(H,20,26)(H,21,31)(H,22,29)(H,24,30);6H,3-5H2,1-2H3;4H,1-3H3;2H,1H3;2H,1H3/b4-2?,23-5+;;;;. The van der Waals surface area contributed by atoms with E-state index in [-0.39, 0.29) is 13.0 Å². The van der Waals surface area contributed by atoms with Crippen molar-refractivity contribution in [3.8, 4) is 0 Å². The molecule has 18 heteroatoms. The smallest absolute Gasteiger partial charge is 0.243 e. The minimum atomic E-state index is -1.44. The van der Waals surface area contributed by atoms with E-state index in [1.165, 1.54) is 38.8 Å². The third-order valence-electron chi connectivity index (χ3n) is 5.30. The Labute approximate surface area is 284 Å². The van der Waals surface area contributed by atoms with Crippen LogP contribution in [0.4, 0.5) is 0 Å². The van der Waals surface area contributed by atoms with Crippen molar-refractivity contribution in [1.82, 2.24) is 31.5 Å². The molecule has 1 aliphatic rings. The molecule has 1 rings (SSSR count). The van der Waals surface area contributed by atoms with Crippen molar-refractivity contribution in [3.63, 3.8) is 0 Å². The fraction of sp³-hybridized carbons (Fsp3) is 0.700. The van der Waals surface area contributed by atoms with E-state index in [2.05, 4.69) is 81.2 Å². The highest BCUT2D eigenvalue weighted by molar-refractivity contribution is 5.91. The topological polar surface area (TPSA) is 264 Å². The van der Waals surface area contributed by atoms with E-state index in [9.17, 15) is 24.3 Å². The third-order valence-corrected chi connectivity index (χ3v) is 5.30. The summed E-state index contributed by atoms with van der Waals surface area (Å²) in [5.41, 5.74) is 0. The number of nitrogens with one attached hydrogen (secondary N) is 5. The molecular weight excluding hydrogens is 632 g/mol. The number of nitrogens with zero attached hydrogens (tertiary/aromatic N) is 3. The molecule has 48 heavy (non-hydrogen) atoms. The Kier molecular flexibility index (Phi) is 39.7. The van der Waals surface area contributed by atoms with Crippen molar-refractivity contribution in [2.45, 2.75) is 78.2 Å². The molecule has 0 spiro atoms. The van der Waals surface area contributed by atoms with Gasteiger partial charge in [0, 0.05) is 20.2 Å². The summed E-state index contributed by atoms with van der Waals surface area (Å²) in [4.78, 5) is 65.7. The zero-order valence-corrected chi connectivity index (χ0v) is 29.6. The second-order valence-electron chi connectivity index (χ2n) is 10.3. The van der Waals surface area contributed by atoms with E-state index in [0.717, 1.165) is 31.6 Å². The lowest BCUT2D eigenvalue weighted by Gasteiger charge is -2.17. The molecule has 4 amide bonds. The van der Waals surface area contributed by atoms with Gasteiger partial charge in [-0.15, -0.1) is 0 Å². The van der Waals surface area contributed by atoms with Crippen LogP contribution in [0, 0.1) is 5.92 Å². The average molecular weight is 693 g/mol. The number of carbonyl (C=O) groups is 5.